The van der Waals surface area contributed by atoms with Crippen LogP contribution in [0.3, 0.4) is 0 Å². The molecule has 0 aliphatic rings. The Labute approximate surface area is 89.9 Å². The van der Waals surface area contributed by atoms with Crippen molar-refractivity contribution in [2.45, 2.75) is 5.75 Å². The molecule has 0 unspecified atom stereocenters. The van der Waals surface area contributed by atoms with E-state index in [1.807, 2.05) is 6.26 Å². The van der Waals surface area contributed by atoms with E-state index in [1.165, 1.54) is 0 Å². The Bertz CT molecular complexity index is 309. The molecule has 1 heterocycles. The minimum atomic E-state index is 0.110. The van der Waals surface area contributed by atoms with Crippen molar-refractivity contribution in [3.8, 4) is 0 Å². The lowest BCUT2D eigenvalue weighted by Crippen LogP contribution is -1.98. The van der Waals surface area contributed by atoms with Gasteiger partial charge in [-0.05, 0) is 6.26 Å². The largest absolute Gasteiger partial charge is 0.298 e. The van der Waals surface area contributed by atoms with Gasteiger partial charge < -0.3 is 0 Å². The SMILES string of the molecule is CSCc1nc(Cl)c(C=O)c(Cl)n1. The van der Waals surface area contributed by atoms with Crippen molar-refractivity contribution in [2.24, 2.45) is 0 Å². The number of nitrogens with zero attached hydrogens (tertiary/aromatic N) is 2. The molecule has 0 aliphatic carbocycles. The molecule has 13 heavy (non-hydrogen) atoms. The number of carbonyl (C=O) groups is 1. The van der Waals surface area contributed by atoms with E-state index in [0.717, 1.165) is 0 Å². The van der Waals surface area contributed by atoms with Gasteiger partial charge in [0, 0.05) is 0 Å². The maximum atomic E-state index is 10.5. The Hall–Kier alpha value is -0.320. The molecule has 0 aromatic carbocycles. The highest BCUT2D eigenvalue weighted by Crippen LogP contribution is 2.20. The average Bonchev–Trinajstić information content (AvgIpc) is 2.04. The van der Waals surface area contributed by atoms with E-state index < -0.39 is 0 Å². The second kappa shape index (κ2) is 4.79. The quantitative estimate of drug-likeness (QED) is 0.598. The Morgan fingerprint density at radius 3 is 2.31 bits per heavy atom. The molecular formula is C7H6Cl2N2OS. The number of hydrogen-bond acceptors (Lipinski definition) is 4. The van der Waals surface area contributed by atoms with E-state index in [9.17, 15) is 4.79 Å². The summed E-state index contributed by atoms with van der Waals surface area (Å²) in [6, 6.07) is 0. The molecule has 0 saturated heterocycles. The molecule has 0 radical (unpaired) electrons. The lowest BCUT2D eigenvalue weighted by Gasteiger charge is -2.01. The predicted octanol–water partition coefficient (Wildman–Crippen LogP) is 2.46. The van der Waals surface area contributed by atoms with Crippen LogP contribution in [0.25, 0.3) is 0 Å². The van der Waals surface area contributed by atoms with Crippen molar-refractivity contribution in [2.75, 3.05) is 6.26 Å². The molecule has 3 nitrogen and oxygen atoms in total. The summed E-state index contributed by atoms with van der Waals surface area (Å²) < 4.78 is 0. The standard InChI is InChI=1S/C7H6Cl2N2OS/c1-13-3-5-10-6(8)4(2-12)7(9)11-5/h2H,3H2,1H3. The molecule has 0 spiro atoms. The lowest BCUT2D eigenvalue weighted by molar-refractivity contribution is 0.112. The second-order valence-electron chi connectivity index (χ2n) is 2.19. The van der Waals surface area contributed by atoms with Crippen molar-refractivity contribution in [3.05, 3.63) is 21.7 Å². The van der Waals surface area contributed by atoms with Gasteiger partial charge in [0.15, 0.2) is 6.29 Å². The average molecular weight is 237 g/mol. The van der Waals surface area contributed by atoms with Crippen LogP contribution >= 0.6 is 35.0 Å². The molecular weight excluding hydrogens is 231 g/mol. The second-order valence-corrected chi connectivity index (χ2v) is 3.77. The summed E-state index contributed by atoms with van der Waals surface area (Å²) in [5, 5.41) is 0.220. The fourth-order valence-electron chi connectivity index (χ4n) is 0.748. The molecule has 0 amide bonds. The van der Waals surface area contributed by atoms with Crippen molar-refractivity contribution in [1.29, 1.82) is 0 Å². The van der Waals surface area contributed by atoms with Crippen LogP contribution in [0, 0.1) is 0 Å². The first-order valence-corrected chi connectivity index (χ1v) is 5.50. The first-order valence-electron chi connectivity index (χ1n) is 3.35. The van der Waals surface area contributed by atoms with Gasteiger partial charge in [0.25, 0.3) is 0 Å². The van der Waals surface area contributed by atoms with Crippen LogP contribution in [-0.2, 0) is 5.75 Å². The smallest absolute Gasteiger partial charge is 0.156 e. The number of carbonyl (C=O) groups excluding carboxylic acids is 1. The third kappa shape index (κ3) is 2.56. The molecule has 1 aromatic heterocycles. The number of rotatable bonds is 3. The van der Waals surface area contributed by atoms with E-state index in [4.69, 9.17) is 23.2 Å². The van der Waals surface area contributed by atoms with Gasteiger partial charge in [-0.2, -0.15) is 11.8 Å². The maximum Gasteiger partial charge on any atom is 0.156 e. The van der Waals surface area contributed by atoms with Gasteiger partial charge in [-0.1, -0.05) is 23.2 Å². The summed E-state index contributed by atoms with van der Waals surface area (Å²) in [5.74, 6) is 1.16. The fourth-order valence-corrected chi connectivity index (χ4v) is 1.65. The topological polar surface area (TPSA) is 42.9 Å². The molecule has 0 atom stereocenters. The Kier molecular flexibility index (Phi) is 3.96. The van der Waals surface area contributed by atoms with Crippen LogP contribution in [0.5, 0.6) is 0 Å². The summed E-state index contributed by atoms with van der Waals surface area (Å²) >= 11 is 12.9. The molecule has 0 bridgehead atoms. The molecule has 70 valence electrons. The van der Waals surface area contributed by atoms with Crippen LogP contribution in [0.1, 0.15) is 16.2 Å². The zero-order chi connectivity index (χ0) is 9.84. The van der Waals surface area contributed by atoms with Crippen LogP contribution in [0.4, 0.5) is 0 Å². The summed E-state index contributed by atoms with van der Waals surface area (Å²) in [6.07, 6.45) is 2.46. The summed E-state index contributed by atoms with van der Waals surface area (Å²) in [4.78, 5) is 18.3. The van der Waals surface area contributed by atoms with E-state index in [1.54, 1.807) is 11.8 Å². The van der Waals surface area contributed by atoms with Crippen molar-refractivity contribution >= 4 is 41.2 Å². The molecule has 1 rings (SSSR count). The van der Waals surface area contributed by atoms with Crippen molar-refractivity contribution < 1.29 is 4.79 Å². The molecule has 0 N–H and O–H groups in total. The van der Waals surface area contributed by atoms with E-state index >= 15 is 0 Å². The molecule has 0 saturated carbocycles. The van der Waals surface area contributed by atoms with E-state index in [0.29, 0.717) is 17.9 Å². The van der Waals surface area contributed by atoms with E-state index in [2.05, 4.69) is 9.97 Å². The number of aldehydes is 1. The van der Waals surface area contributed by atoms with E-state index in [-0.39, 0.29) is 15.9 Å². The van der Waals surface area contributed by atoms with Gasteiger partial charge in [-0.15, -0.1) is 0 Å². The lowest BCUT2D eigenvalue weighted by atomic mass is 10.4. The normalized spacial score (nSPS) is 10.1. The molecule has 0 aliphatic heterocycles. The highest BCUT2D eigenvalue weighted by molar-refractivity contribution is 7.97. The van der Waals surface area contributed by atoms with Gasteiger partial charge >= 0.3 is 0 Å². The number of halogens is 2. The fraction of sp³-hybridized carbons (Fsp3) is 0.286. The first-order chi connectivity index (χ1) is 6.19. The highest BCUT2D eigenvalue weighted by Gasteiger charge is 2.09. The Balaban J connectivity index is 3.12. The van der Waals surface area contributed by atoms with Gasteiger partial charge in [-0.25, -0.2) is 9.97 Å². The third-order valence-corrected chi connectivity index (χ3v) is 2.41. The maximum absolute atomic E-state index is 10.5. The third-order valence-electron chi connectivity index (χ3n) is 1.29. The van der Waals surface area contributed by atoms with Crippen molar-refractivity contribution in [3.63, 3.8) is 0 Å². The minimum absolute atomic E-state index is 0.110. The zero-order valence-electron chi connectivity index (χ0n) is 6.75. The molecule has 0 fully saturated rings. The van der Waals surface area contributed by atoms with Crippen LogP contribution in [0.2, 0.25) is 10.3 Å². The number of thioether (sulfide) groups is 1. The van der Waals surface area contributed by atoms with Crippen molar-refractivity contribution in [1.82, 2.24) is 9.97 Å². The first kappa shape index (κ1) is 10.8. The highest BCUT2D eigenvalue weighted by atomic mass is 35.5. The van der Waals surface area contributed by atoms with Crippen LogP contribution in [0.15, 0.2) is 0 Å². The Morgan fingerprint density at radius 2 is 1.92 bits per heavy atom. The van der Waals surface area contributed by atoms with Gasteiger partial charge in [0.05, 0.1) is 11.3 Å². The predicted molar refractivity (Wildman–Crippen MR) is 54.7 cm³/mol. The Morgan fingerprint density at radius 1 is 1.38 bits per heavy atom. The minimum Gasteiger partial charge on any atom is -0.298 e. The molecule has 6 heteroatoms. The monoisotopic (exact) mass is 236 g/mol. The number of hydrogen-bond donors (Lipinski definition) is 0. The van der Waals surface area contributed by atoms with Gasteiger partial charge in [-0.3, -0.25) is 4.79 Å². The summed E-state index contributed by atoms with van der Waals surface area (Å²) in [7, 11) is 0. The van der Waals surface area contributed by atoms with Gasteiger partial charge in [0.2, 0.25) is 0 Å². The van der Waals surface area contributed by atoms with Crippen LogP contribution < -0.4 is 0 Å². The summed E-state index contributed by atoms with van der Waals surface area (Å²) in [5.41, 5.74) is 0.146. The van der Waals surface area contributed by atoms with Crippen LogP contribution in [-0.4, -0.2) is 22.5 Å². The summed E-state index contributed by atoms with van der Waals surface area (Å²) in [6.45, 7) is 0. The number of aromatic nitrogens is 2. The van der Waals surface area contributed by atoms with Gasteiger partial charge in [0.1, 0.15) is 16.1 Å². The molecule has 1 aromatic rings. The zero-order valence-corrected chi connectivity index (χ0v) is 9.08.